The highest BCUT2D eigenvalue weighted by Crippen LogP contribution is 2.30. The molecule has 0 spiro atoms. The standard InChI is InChI=1S/C20H19NO4S/c1-21(20-8-4-6-15-5-2-3-7-19(15)20)26(22,23)18-11-9-16(10-12-18)24-13-17-14-25-17/h2-12,17H,13-14H2,1H3. The molecule has 6 heteroatoms. The second-order valence-electron chi connectivity index (χ2n) is 6.21. The van der Waals surface area contributed by atoms with Gasteiger partial charge in [0, 0.05) is 12.4 Å². The predicted octanol–water partition coefficient (Wildman–Crippen LogP) is 3.44. The van der Waals surface area contributed by atoms with Crippen molar-refractivity contribution < 1.29 is 17.9 Å². The minimum Gasteiger partial charge on any atom is -0.491 e. The fourth-order valence-electron chi connectivity index (χ4n) is 2.83. The van der Waals surface area contributed by atoms with Gasteiger partial charge in [-0.2, -0.15) is 0 Å². The van der Waals surface area contributed by atoms with Gasteiger partial charge in [-0.25, -0.2) is 8.42 Å². The summed E-state index contributed by atoms with van der Waals surface area (Å²) in [7, 11) is -2.09. The van der Waals surface area contributed by atoms with Gasteiger partial charge >= 0.3 is 0 Å². The average molecular weight is 369 g/mol. The highest BCUT2D eigenvalue weighted by atomic mass is 32.2. The molecule has 0 amide bonds. The normalized spacial score (nSPS) is 16.4. The summed E-state index contributed by atoms with van der Waals surface area (Å²) in [4.78, 5) is 0.225. The highest BCUT2D eigenvalue weighted by Gasteiger charge is 2.24. The van der Waals surface area contributed by atoms with Gasteiger partial charge in [0.15, 0.2) is 0 Å². The molecular formula is C20H19NO4S. The Hall–Kier alpha value is -2.57. The van der Waals surface area contributed by atoms with Crippen LogP contribution >= 0.6 is 0 Å². The van der Waals surface area contributed by atoms with E-state index in [4.69, 9.17) is 9.47 Å². The Kier molecular flexibility index (Phi) is 4.30. The third kappa shape index (κ3) is 3.25. The van der Waals surface area contributed by atoms with Crippen molar-refractivity contribution >= 4 is 26.5 Å². The van der Waals surface area contributed by atoms with E-state index < -0.39 is 10.0 Å². The van der Waals surface area contributed by atoms with E-state index in [-0.39, 0.29) is 11.0 Å². The lowest BCUT2D eigenvalue weighted by Crippen LogP contribution is -2.26. The molecule has 4 rings (SSSR count). The Labute approximate surface area is 152 Å². The van der Waals surface area contributed by atoms with Gasteiger partial charge in [-0.05, 0) is 35.7 Å². The zero-order chi connectivity index (χ0) is 18.1. The molecule has 5 nitrogen and oxygen atoms in total. The molecule has 3 aromatic carbocycles. The number of fused-ring (bicyclic) bond motifs is 1. The topological polar surface area (TPSA) is 59.1 Å². The highest BCUT2D eigenvalue weighted by molar-refractivity contribution is 7.92. The quantitative estimate of drug-likeness (QED) is 0.625. The molecular weight excluding hydrogens is 350 g/mol. The molecule has 0 bridgehead atoms. The number of hydrogen-bond donors (Lipinski definition) is 0. The SMILES string of the molecule is CN(c1cccc2ccccc12)S(=O)(=O)c1ccc(OCC2CO2)cc1. The third-order valence-corrected chi connectivity index (χ3v) is 6.21. The van der Waals surface area contributed by atoms with Crippen molar-refractivity contribution in [1.82, 2.24) is 0 Å². The van der Waals surface area contributed by atoms with Gasteiger partial charge in [-0.1, -0.05) is 36.4 Å². The molecule has 1 unspecified atom stereocenters. The van der Waals surface area contributed by atoms with Crippen molar-refractivity contribution in [3.63, 3.8) is 0 Å². The fourth-order valence-corrected chi connectivity index (χ4v) is 4.05. The summed E-state index contributed by atoms with van der Waals surface area (Å²) in [6.07, 6.45) is 0.163. The van der Waals surface area contributed by atoms with Crippen LogP contribution in [-0.2, 0) is 14.8 Å². The van der Waals surface area contributed by atoms with Gasteiger partial charge in [-0.3, -0.25) is 4.31 Å². The first-order chi connectivity index (χ1) is 12.6. The average Bonchev–Trinajstić information content (AvgIpc) is 3.50. The molecule has 0 saturated carbocycles. The Morgan fingerprint density at radius 1 is 1.04 bits per heavy atom. The number of ether oxygens (including phenoxy) is 2. The molecule has 1 heterocycles. The van der Waals surface area contributed by atoms with Crippen LogP contribution in [0.4, 0.5) is 5.69 Å². The fraction of sp³-hybridized carbons (Fsp3) is 0.200. The van der Waals surface area contributed by atoms with Crippen LogP contribution in [0.1, 0.15) is 0 Å². The Balaban J connectivity index is 1.62. The second kappa shape index (κ2) is 6.63. The minimum absolute atomic E-state index is 0.163. The first kappa shape index (κ1) is 16.9. The molecule has 1 saturated heterocycles. The number of nitrogens with zero attached hydrogens (tertiary/aromatic N) is 1. The molecule has 134 valence electrons. The molecule has 1 fully saturated rings. The van der Waals surface area contributed by atoms with Crippen LogP contribution in [0.3, 0.4) is 0 Å². The lowest BCUT2D eigenvalue weighted by molar-refractivity contribution is 0.263. The van der Waals surface area contributed by atoms with Crippen molar-refractivity contribution in [2.24, 2.45) is 0 Å². The molecule has 26 heavy (non-hydrogen) atoms. The lowest BCUT2D eigenvalue weighted by Gasteiger charge is -2.21. The van der Waals surface area contributed by atoms with Crippen LogP contribution in [-0.4, -0.2) is 34.8 Å². The molecule has 1 atom stereocenters. The van der Waals surface area contributed by atoms with Gasteiger partial charge in [0.05, 0.1) is 17.2 Å². The third-order valence-electron chi connectivity index (χ3n) is 4.43. The van der Waals surface area contributed by atoms with E-state index in [2.05, 4.69) is 0 Å². The Morgan fingerprint density at radius 3 is 2.46 bits per heavy atom. The summed E-state index contributed by atoms with van der Waals surface area (Å²) in [6.45, 7) is 1.21. The van der Waals surface area contributed by atoms with Gasteiger partial charge in [-0.15, -0.1) is 0 Å². The minimum atomic E-state index is -3.67. The first-order valence-electron chi connectivity index (χ1n) is 8.37. The van der Waals surface area contributed by atoms with Crippen molar-refractivity contribution in [1.29, 1.82) is 0 Å². The zero-order valence-electron chi connectivity index (χ0n) is 14.3. The summed E-state index contributed by atoms with van der Waals surface area (Å²) in [5.74, 6) is 0.632. The number of epoxide rings is 1. The predicted molar refractivity (Wildman–Crippen MR) is 101 cm³/mol. The number of benzene rings is 3. The van der Waals surface area contributed by atoms with Crippen molar-refractivity contribution in [3.05, 3.63) is 66.7 Å². The number of rotatable bonds is 6. The van der Waals surface area contributed by atoms with E-state index >= 15 is 0 Å². The Bertz CT molecular complexity index is 1020. The van der Waals surface area contributed by atoms with Crippen LogP contribution in [0.2, 0.25) is 0 Å². The molecule has 0 N–H and O–H groups in total. The smallest absolute Gasteiger partial charge is 0.264 e. The van der Waals surface area contributed by atoms with Crippen LogP contribution in [0.15, 0.2) is 71.6 Å². The first-order valence-corrected chi connectivity index (χ1v) is 9.81. The van der Waals surface area contributed by atoms with E-state index in [1.54, 1.807) is 31.3 Å². The zero-order valence-corrected chi connectivity index (χ0v) is 15.1. The van der Waals surface area contributed by atoms with Crippen molar-refractivity contribution in [2.45, 2.75) is 11.0 Å². The monoisotopic (exact) mass is 369 g/mol. The Morgan fingerprint density at radius 2 is 1.73 bits per heavy atom. The lowest BCUT2D eigenvalue weighted by atomic mass is 10.1. The number of hydrogen-bond acceptors (Lipinski definition) is 4. The summed E-state index contributed by atoms with van der Waals surface area (Å²) < 4.78 is 38.0. The van der Waals surface area contributed by atoms with Crippen molar-refractivity contribution in [2.75, 3.05) is 24.6 Å². The van der Waals surface area contributed by atoms with E-state index in [1.165, 1.54) is 4.31 Å². The number of anilines is 1. The molecule has 1 aliphatic heterocycles. The van der Waals surface area contributed by atoms with Gasteiger partial charge in [0.25, 0.3) is 10.0 Å². The maximum Gasteiger partial charge on any atom is 0.264 e. The largest absolute Gasteiger partial charge is 0.491 e. The number of sulfonamides is 1. The van der Waals surface area contributed by atoms with Gasteiger partial charge in [0.1, 0.15) is 18.5 Å². The summed E-state index contributed by atoms with van der Waals surface area (Å²) in [6, 6.07) is 19.9. The molecule has 3 aromatic rings. The van der Waals surface area contributed by atoms with E-state index in [0.29, 0.717) is 18.0 Å². The van der Waals surface area contributed by atoms with Crippen LogP contribution in [0.5, 0.6) is 5.75 Å². The van der Waals surface area contributed by atoms with Gasteiger partial charge < -0.3 is 9.47 Å². The molecule has 1 aliphatic rings. The maximum absolute atomic E-state index is 13.0. The second-order valence-corrected chi connectivity index (χ2v) is 8.18. The molecule has 0 aromatic heterocycles. The van der Waals surface area contributed by atoms with Crippen LogP contribution in [0.25, 0.3) is 10.8 Å². The molecule has 0 aliphatic carbocycles. The van der Waals surface area contributed by atoms with Gasteiger partial charge in [0.2, 0.25) is 0 Å². The maximum atomic E-state index is 13.0. The van der Waals surface area contributed by atoms with E-state index in [1.807, 2.05) is 42.5 Å². The van der Waals surface area contributed by atoms with Crippen LogP contribution < -0.4 is 9.04 Å². The summed E-state index contributed by atoms with van der Waals surface area (Å²) in [5.41, 5.74) is 0.648. The van der Waals surface area contributed by atoms with E-state index in [9.17, 15) is 8.42 Å². The van der Waals surface area contributed by atoms with E-state index in [0.717, 1.165) is 17.4 Å². The summed E-state index contributed by atoms with van der Waals surface area (Å²) >= 11 is 0. The summed E-state index contributed by atoms with van der Waals surface area (Å²) in [5, 5.41) is 1.89. The van der Waals surface area contributed by atoms with Crippen LogP contribution in [0, 0.1) is 0 Å². The molecule has 0 radical (unpaired) electrons. The van der Waals surface area contributed by atoms with Crippen molar-refractivity contribution in [3.8, 4) is 5.75 Å².